The zero-order valence-electron chi connectivity index (χ0n) is 13.8. The lowest BCUT2D eigenvalue weighted by Gasteiger charge is -2.16. The minimum atomic E-state index is -0.187. The molecule has 24 heavy (non-hydrogen) atoms. The van der Waals surface area contributed by atoms with Gasteiger partial charge in [0.1, 0.15) is 17.9 Å². The Morgan fingerprint density at radius 1 is 1.00 bits per heavy atom. The Balaban J connectivity index is 1.63. The van der Waals surface area contributed by atoms with Crippen LogP contribution in [0.1, 0.15) is 35.1 Å². The lowest BCUT2D eigenvalue weighted by Crippen LogP contribution is -2.15. The summed E-state index contributed by atoms with van der Waals surface area (Å²) in [6, 6.07) is 14.1. The number of fused-ring (bicyclic) bond motifs is 3. The van der Waals surface area contributed by atoms with E-state index in [1.54, 1.807) is 0 Å². The van der Waals surface area contributed by atoms with Crippen LogP contribution in [0, 0.1) is 6.92 Å². The molecule has 1 heterocycles. The molecule has 4 rings (SSSR count). The Morgan fingerprint density at radius 3 is 2.54 bits per heavy atom. The fraction of sp³-hybridized carbons (Fsp3) is 0.286. The average Bonchev–Trinajstić information content (AvgIpc) is 2.61. The first-order valence-corrected chi connectivity index (χ1v) is 8.48. The third kappa shape index (κ3) is 2.82. The topological polar surface area (TPSA) is 39.4 Å². The van der Waals surface area contributed by atoms with Crippen molar-refractivity contribution in [3.05, 3.63) is 75.1 Å². The first-order valence-electron chi connectivity index (χ1n) is 8.48. The molecule has 0 aliphatic heterocycles. The van der Waals surface area contributed by atoms with E-state index < -0.39 is 0 Å². The molecule has 0 radical (unpaired) electrons. The maximum Gasteiger partial charge on any atom is 0.339 e. The summed E-state index contributed by atoms with van der Waals surface area (Å²) in [6.07, 6.45) is 4.00. The van der Waals surface area contributed by atoms with Gasteiger partial charge in [-0.15, -0.1) is 0 Å². The summed E-state index contributed by atoms with van der Waals surface area (Å²) in [7, 11) is 0. The van der Waals surface area contributed by atoms with Gasteiger partial charge in [-0.25, -0.2) is 4.79 Å². The molecule has 0 unspecified atom stereocenters. The maximum atomic E-state index is 12.2. The molecule has 0 spiro atoms. The molecular formula is C21H20O3. The Morgan fingerprint density at radius 2 is 1.75 bits per heavy atom. The van der Waals surface area contributed by atoms with E-state index >= 15 is 0 Å². The van der Waals surface area contributed by atoms with Crippen LogP contribution >= 0.6 is 0 Å². The van der Waals surface area contributed by atoms with Gasteiger partial charge in [0.05, 0.1) is 0 Å². The summed E-state index contributed by atoms with van der Waals surface area (Å²) in [5.74, 6) is 0.724. The third-order valence-electron chi connectivity index (χ3n) is 4.72. The van der Waals surface area contributed by atoms with Crippen LogP contribution in [0.3, 0.4) is 0 Å². The monoisotopic (exact) mass is 320 g/mol. The van der Waals surface area contributed by atoms with Crippen LogP contribution in [0.2, 0.25) is 0 Å². The lowest BCUT2D eigenvalue weighted by molar-refractivity contribution is 0.306. The Bertz CT molecular complexity index is 936. The van der Waals surface area contributed by atoms with Gasteiger partial charge in [-0.3, -0.25) is 0 Å². The highest BCUT2D eigenvalue weighted by atomic mass is 16.5. The first-order chi connectivity index (χ1) is 11.7. The fourth-order valence-electron chi connectivity index (χ4n) is 3.37. The fourth-order valence-corrected chi connectivity index (χ4v) is 3.37. The van der Waals surface area contributed by atoms with Crippen LogP contribution in [-0.4, -0.2) is 0 Å². The molecule has 0 atom stereocenters. The lowest BCUT2D eigenvalue weighted by atomic mass is 9.91. The van der Waals surface area contributed by atoms with E-state index in [2.05, 4.69) is 31.2 Å². The molecular weight excluding hydrogens is 300 g/mol. The molecule has 0 saturated carbocycles. The highest BCUT2D eigenvalue weighted by Gasteiger charge is 2.18. The normalized spacial score (nSPS) is 13.7. The Hall–Kier alpha value is -2.55. The van der Waals surface area contributed by atoms with Gasteiger partial charge >= 0.3 is 5.63 Å². The molecule has 0 bridgehead atoms. The van der Waals surface area contributed by atoms with Crippen LogP contribution < -0.4 is 10.4 Å². The molecule has 0 amide bonds. The summed E-state index contributed by atoms with van der Waals surface area (Å²) in [5.41, 5.74) is 4.82. The van der Waals surface area contributed by atoms with Gasteiger partial charge in [0.15, 0.2) is 0 Å². The maximum absolute atomic E-state index is 12.2. The van der Waals surface area contributed by atoms with Gasteiger partial charge in [0.25, 0.3) is 0 Å². The van der Waals surface area contributed by atoms with Crippen LogP contribution in [0.15, 0.2) is 51.7 Å². The van der Waals surface area contributed by atoms with Gasteiger partial charge in [0, 0.05) is 17.0 Å². The van der Waals surface area contributed by atoms with E-state index in [-0.39, 0.29) is 5.63 Å². The molecule has 2 aromatic carbocycles. The van der Waals surface area contributed by atoms with Gasteiger partial charge in [0.2, 0.25) is 0 Å². The van der Waals surface area contributed by atoms with Crippen molar-refractivity contribution in [3.63, 3.8) is 0 Å². The number of ether oxygens (including phenoxy) is 1. The van der Waals surface area contributed by atoms with Crippen molar-refractivity contribution in [3.8, 4) is 5.75 Å². The highest BCUT2D eigenvalue weighted by molar-refractivity contribution is 5.82. The zero-order chi connectivity index (χ0) is 16.5. The second kappa shape index (κ2) is 6.16. The molecule has 122 valence electrons. The largest absolute Gasteiger partial charge is 0.489 e. The number of hydrogen-bond acceptors (Lipinski definition) is 3. The number of hydrogen-bond donors (Lipinski definition) is 0. The highest BCUT2D eigenvalue weighted by Crippen LogP contribution is 2.29. The van der Waals surface area contributed by atoms with E-state index in [0.717, 1.165) is 53.5 Å². The van der Waals surface area contributed by atoms with E-state index in [1.807, 2.05) is 18.2 Å². The van der Waals surface area contributed by atoms with E-state index in [1.165, 1.54) is 5.56 Å². The number of benzene rings is 2. The van der Waals surface area contributed by atoms with Crippen molar-refractivity contribution in [2.24, 2.45) is 0 Å². The van der Waals surface area contributed by atoms with E-state index in [4.69, 9.17) is 9.15 Å². The molecule has 1 aliphatic rings. The smallest absolute Gasteiger partial charge is 0.339 e. The minimum absolute atomic E-state index is 0.187. The predicted octanol–water partition coefficient (Wildman–Crippen LogP) is 4.56. The summed E-state index contributed by atoms with van der Waals surface area (Å²) < 4.78 is 11.4. The van der Waals surface area contributed by atoms with Crippen molar-refractivity contribution in [2.45, 2.75) is 39.2 Å². The second-order valence-corrected chi connectivity index (χ2v) is 6.49. The van der Waals surface area contributed by atoms with Crippen molar-refractivity contribution in [1.29, 1.82) is 0 Å². The predicted molar refractivity (Wildman–Crippen MR) is 94.6 cm³/mol. The Labute approximate surface area is 140 Å². The minimum Gasteiger partial charge on any atom is -0.489 e. The van der Waals surface area contributed by atoms with Crippen LogP contribution in [0.25, 0.3) is 11.0 Å². The van der Waals surface area contributed by atoms with Crippen LogP contribution in [0.5, 0.6) is 5.75 Å². The number of rotatable bonds is 3. The number of aryl methyl sites for hydroxylation is 2. The third-order valence-corrected chi connectivity index (χ3v) is 4.72. The Kier molecular flexibility index (Phi) is 3.85. The van der Waals surface area contributed by atoms with Gasteiger partial charge in [-0.1, -0.05) is 29.8 Å². The molecule has 0 N–H and O–H groups in total. The molecule has 0 fully saturated rings. The van der Waals surface area contributed by atoms with Crippen molar-refractivity contribution < 1.29 is 9.15 Å². The van der Waals surface area contributed by atoms with Crippen molar-refractivity contribution >= 4 is 11.0 Å². The SMILES string of the molecule is Cc1ccc(COc2ccc3c4c(c(=O)oc3c2)CCCC4)cc1. The molecule has 3 aromatic rings. The first kappa shape index (κ1) is 15.0. The van der Waals surface area contributed by atoms with E-state index in [9.17, 15) is 4.79 Å². The summed E-state index contributed by atoms with van der Waals surface area (Å²) in [5, 5.41) is 1.05. The molecule has 0 saturated heterocycles. The zero-order valence-corrected chi connectivity index (χ0v) is 13.8. The molecule has 1 aromatic heterocycles. The summed E-state index contributed by atoms with van der Waals surface area (Å²) >= 11 is 0. The van der Waals surface area contributed by atoms with Crippen LogP contribution in [0.4, 0.5) is 0 Å². The van der Waals surface area contributed by atoms with Crippen LogP contribution in [-0.2, 0) is 19.4 Å². The second-order valence-electron chi connectivity index (χ2n) is 6.49. The molecule has 3 heteroatoms. The average molecular weight is 320 g/mol. The molecule has 1 aliphatic carbocycles. The quantitative estimate of drug-likeness (QED) is 0.664. The van der Waals surface area contributed by atoms with Gasteiger partial charge in [-0.05, 0) is 55.9 Å². The standard InChI is InChI=1S/C21H20O3/c1-14-6-8-15(9-7-14)13-23-16-10-11-18-17-4-2-3-5-19(17)21(22)24-20(18)12-16/h6-12H,2-5,13H2,1H3. The van der Waals surface area contributed by atoms with Gasteiger partial charge < -0.3 is 9.15 Å². The van der Waals surface area contributed by atoms with Gasteiger partial charge in [-0.2, -0.15) is 0 Å². The van der Waals surface area contributed by atoms with Crippen molar-refractivity contribution in [1.82, 2.24) is 0 Å². The van der Waals surface area contributed by atoms with Crippen molar-refractivity contribution in [2.75, 3.05) is 0 Å². The summed E-state index contributed by atoms with van der Waals surface area (Å²) in [4.78, 5) is 12.2. The summed E-state index contributed by atoms with van der Waals surface area (Å²) in [6.45, 7) is 2.57. The molecule has 3 nitrogen and oxygen atoms in total. The van der Waals surface area contributed by atoms with E-state index in [0.29, 0.717) is 12.2 Å².